The van der Waals surface area contributed by atoms with Crippen LogP contribution in [-0.2, 0) is 10.5 Å². The van der Waals surface area contributed by atoms with Gasteiger partial charge in [-0.3, -0.25) is 4.79 Å². The third kappa shape index (κ3) is 5.64. The van der Waals surface area contributed by atoms with Crippen LogP contribution in [0.15, 0.2) is 58.1 Å². The summed E-state index contributed by atoms with van der Waals surface area (Å²) in [6.07, 6.45) is 1.71. The SMILES string of the molecule is Cc1cc(C)cc(CSCC(=O)N/N=C\c2cc(C)n(-c3ccccc3Br)c2C)c1. The van der Waals surface area contributed by atoms with Gasteiger partial charge >= 0.3 is 0 Å². The minimum Gasteiger partial charge on any atom is -0.317 e. The molecule has 0 fully saturated rings. The summed E-state index contributed by atoms with van der Waals surface area (Å²) in [6.45, 7) is 8.30. The summed E-state index contributed by atoms with van der Waals surface area (Å²) in [4.78, 5) is 12.1. The van der Waals surface area contributed by atoms with Crippen molar-refractivity contribution < 1.29 is 4.79 Å². The number of carbonyl (C=O) groups excluding carboxylic acids is 1. The van der Waals surface area contributed by atoms with Gasteiger partial charge < -0.3 is 4.57 Å². The molecule has 3 aromatic rings. The number of aryl methyl sites for hydroxylation is 3. The second-order valence-corrected chi connectivity index (χ2v) is 9.24. The van der Waals surface area contributed by atoms with E-state index in [1.807, 2.05) is 18.2 Å². The van der Waals surface area contributed by atoms with Gasteiger partial charge in [0.2, 0.25) is 5.91 Å². The topological polar surface area (TPSA) is 46.4 Å². The normalized spacial score (nSPS) is 11.2. The minimum atomic E-state index is -0.0970. The van der Waals surface area contributed by atoms with Crippen molar-refractivity contribution in [2.24, 2.45) is 5.10 Å². The van der Waals surface area contributed by atoms with Crippen LogP contribution in [0.25, 0.3) is 5.69 Å². The number of aromatic nitrogens is 1. The molecule has 1 aromatic heterocycles. The molecule has 1 heterocycles. The number of amides is 1. The standard InChI is InChI=1S/C24H26BrN3OS/c1-16-9-17(2)11-20(10-16)14-30-15-24(29)27-26-13-21-12-18(3)28(19(21)4)23-8-6-5-7-22(23)25/h5-13H,14-15H2,1-4H3,(H,27,29)/b26-13-. The van der Waals surface area contributed by atoms with Crippen LogP contribution in [0.4, 0.5) is 0 Å². The van der Waals surface area contributed by atoms with Crippen molar-refractivity contribution in [3.8, 4) is 5.69 Å². The molecule has 0 spiro atoms. The van der Waals surface area contributed by atoms with E-state index < -0.39 is 0 Å². The molecule has 4 nitrogen and oxygen atoms in total. The van der Waals surface area contributed by atoms with Crippen molar-refractivity contribution in [3.05, 3.63) is 86.6 Å². The van der Waals surface area contributed by atoms with E-state index in [1.165, 1.54) is 16.7 Å². The van der Waals surface area contributed by atoms with E-state index in [0.717, 1.165) is 32.9 Å². The van der Waals surface area contributed by atoms with E-state index in [2.05, 4.69) is 89.1 Å². The lowest BCUT2D eigenvalue weighted by Crippen LogP contribution is -2.19. The number of nitrogens with zero attached hydrogens (tertiary/aromatic N) is 2. The Bertz CT molecular complexity index is 1070. The molecule has 2 aromatic carbocycles. The van der Waals surface area contributed by atoms with Crippen molar-refractivity contribution in [1.29, 1.82) is 0 Å². The first kappa shape index (κ1) is 22.4. The van der Waals surface area contributed by atoms with Gasteiger partial charge in [-0.05, 0) is 67.4 Å². The summed E-state index contributed by atoms with van der Waals surface area (Å²) in [5.74, 6) is 1.09. The predicted octanol–water partition coefficient (Wildman–Crippen LogP) is 5.86. The number of para-hydroxylation sites is 1. The highest BCUT2D eigenvalue weighted by molar-refractivity contribution is 9.10. The number of hydrogen-bond acceptors (Lipinski definition) is 3. The molecule has 0 aliphatic rings. The van der Waals surface area contributed by atoms with Crippen LogP contribution < -0.4 is 5.43 Å². The highest BCUT2D eigenvalue weighted by Gasteiger charge is 2.11. The highest BCUT2D eigenvalue weighted by Crippen LogP contribution is 2.26. The van der Waals surface area contributed by atoms with Crippen LogP contribution in [-0.4, -0.2) is 22.4 Å². The maximum atomic E-state index is 12.1. The zero-order valence-electron chi connectivity index (χ0n) is 17.7. The summed E-state index contributed by atoms with van der Waals surface area (Å²) in [5, 5.41) is 4.16. The molecule has 0 aliphatic carbocycles. The van der Waals surface area contributed by atoms with Gasteiger partial charge in [0.05, 0.1) is 17.7 Å². The van der Waals surface area contributed by atoms with Crippen molar-refractivity contribution in [3.63, 3.8) is 0 Å². The summed E-state index contributed by atoms with van der Waals surface area (Å²) < 4.78 is 3.21. The van der Waals surface area contributed by atoms with Crippen LogP contribution in [0.3, 0.4) is 0 Å². The van der Waals surface area contributed by atoms with Gasteiger partial charge in [-0.2, -0.15) is 5.10 Å². The van der Waals surface area contributed by atoms with Gasteiger partial charge in [-0.15, -0.1) is 11.8 Å². The van der Waals surface area contributed by atoms with Gasteiger partial charge in [0.1, 0.15) is 0 Å². The van der Waals surface area contributed by atoms with Crippen LogP contribution >= 0.6 is 27.7 Å². The Morgan fingerprint density at radius 2 is 1.80 bits per heavy atom. The Kier molecular flexibility index (Phi) is 7.56. The number of thioether (sulfide) groups is 1. The van der Waals surface area contributed by atoms with E-state index >= 15 is 0 Å². The average molecular weight is 484 g/mol. The van der Waals surface area contributed by atoms with E-state index in [9.17, 15) is 4.79 Å². The summed E-state index contributed by atoms with van der Waals surface area (Å²) in [6, 6.07) is 16.7. The maximum Gasteiger partial charge on any atom is 0.250 e. The Balaban J connectivity index is 1.57. The zero-order chi connectivity index (χ0) is 21.7. The quantitative estimate of drug-likeness (QED) is 0.338. The summed E-state index contributed by atoms with van der Waals surface area (Å²) in [5.41, 5.74) is 10.6. The molecule has 0 aliphatic heterocycles. The number of hydrazone groups is 1. The van der Waals surface area contributed by atoms with Crippen molar-refractivity contribution in [2.45, 2.75) is 33.4 Å². The lowest BCUT2D eigenvalue weighted by atomic mass is 10.1. The number of benzene rings is 2. The maximum absolute atomic E-state index is 12.1. The molecule has 30 heavy (non-hydrogen) atoms. The third-order valence-corrected chi connectivity index (χ3v) is 6.41. The second kappa shape index (κ2) is 10.1. The monoisotopic (exact) mass is 483 g/mol. The Labute approximate surface area is 190 Å². The fourth-order valence-corrected chi connectivity index (χ4v) is 4.76. The average Bonchev–Trinajstić information content (AvgIpc) is 2.95. The molecule has 6 heteroatoms. The smallest absolute Gasteiger partial charge is 0.250 e. The molecule has 3 rings (SSSR count). The van der Waals surface area contributed by atoms with Gasteiger partial charge in [0, 0.05) is 27.2 Å². The molecule has 1 amide bonds. The summed E-state index contributed by atoms with van der Waals surface area (Å²) >= 11 is 5.21. The number of rotatable bonds is 7. The fraction of sp³-hybridized carbons (Fsp3) is 0.250. The Morgan fingerprint density at radius 1 is 1.10 bits per heavy atom. The van der Waals surface area contributed by atoms with E-state index in [1.54, 1.807) is 18.0 Å². The Hall–Kier alpha value is -2.31. The van der Waals surface area contributed by atoms with Crippen LogP contribution in [0.1, 0.15) is 33.6 Å². The van der Waals surface area contributed by atoms with Crippen LogP contribution in [0.5, 0.6) is 0 Å². The lowest BCUT2D eigenvalue weighted by Gasteiger charge is -2.11. The first-order valence-corrected chi connectivity index (χ1v) is 11.7. The molecule has 156 valence electrons. The highest BCUT2D eigenvalue weighted by atomic mass is 79.9. The van der Waals surface area contributed by atoms with Crippen LogP contribution in [0.2, 0.25) is 0 Å². The number of carbonyl (C=O) groups is 1. The van der Waals surface area contributed by atoms with Crippen LogP contribution in [0, 0.1) is 27.7 Å². The predicted molar refractivity (Wildman–Crippen MR) is 131 cm³/mol. The molecular weight excluding hydrogens is 458 g/mol. The van der Waals surface area contributed by atoms with Crippen molar-refractivity contribution >= 4 is 39.8 Å². The van der Waals surface area contributed by atoms with Gasteiger partial charge in [0.15, 0.2) is 0 Å². The third-order valence-electron chi connectivity index (χ3n) is 4.74. The molecular formula is C24H26BrN3OS. The Morgan fingerprint density at radius 3 is 2.50 bits per heavy atom. The van der Waals surface area contributed by atoms with E-state index in [4.69, 9.17) is 0 Å². The lowest BCUT2D eigenvalue weighted by molar-refractivity contribution is -0.118. The zero-order valence-corrected chi connectivity index (χ0v) is 20.1. The van der Waals surface area contributed by atoms with E-state index in [-0.39, 0.29) is 5.91 Å². The molecule has 0 saturated carbocycles. The molecule has 0 atom stereocenters. The molecule has 0 radical (unpaired) electrons. The first-order valence-electron chi connectivity index (χ1n) is 9.76. The summed E-state index contributed by atoms with van der Waals surface area (Å²) in [7, 11) is 0. The largest absolute Gasteiger partial charge is 0.317 e. The van der Waals surface area contributed by atoms with Gasteiger partial charge in [-0.1, -0.05) is 41.5 Å². The molecule has 1 N–H and O–H groups in total. The molecule has 0 unspecified atom stereocenters. The number of halogens is 1. The van der Waals surface area contributed by atoms with Gasteiger partial charge in [-0.25, -0.2) is 5.43 Å². The number of nitrogens with one attached hydrogen (secondary N) is 1. The second-order valence-electron chi connectivity index (χ2n) is 7.40. The van der Waals surface area contributed by atoms with Crippen molar-refractivity contribution in [2.75, 3.05) is 5.75 Å². The van der Waals surface area contributed by atoms with Gasteiger partial charge in [0.25, 0.3) is 0 Å². The number of hydrogen-bond donors (Lipinski definition) is 1. The van der Waals surface area contributed by atoms with Crippen molar-refractivity contribution in [1.82, 2.24) is 9.99 Å². The molecule has 0 saturated heterocycles. The first-order chi connectivity index (χ1) is 14.3. The van der Waals surface area contributed by atoms with E-state index in [0.29, 0.717) is 5.75 Å². The molecule has 0 bridgehead atoms. The minimum absolute atomic E-state index is 0.0970. The fourth-order valence-electron chi connectivity index (χ4n) is 3.54.